The van der Waals surface area contributed by atoms with E-state index in [9.17, 15) is 5.11 Å². The van der Waals surface area contributed by atoms with Gasteiger partial charge in [0, 0.05) is 24.3 Å². The number of rotatable bonds is 4. The molecule has 1 fully saturated rings. The summed E-state index contributed by atoms with van der Waals surface area (Å²) in [5.74, 6) is 0. The lowest BCUT2D eigenvalue weighted by molar-refractivity contribution is 0.0748. The van der Waals surface area contributed by atoms with E-state index >= 15 is 0 Å². The van der Waals surface area contributed by atoms with Gasteiger partial charge in [0.2, 0.25) is 0 Å². The maximum absolute atomic E-state index is 10.4. The summed E-state index contributed by atoms with van der Waals surface area (Å²) in [6.45, 7) is 7.54. The molecule has 0 aliphatic carbocycles. The minimum Gasteiger partial charge on any atom is -0.399 e. The number of piperidine rings is 1. The fourth-order valence-corrected chi connectivity index (χ4v) is 3.22. The highest BCUT2D eigenvalue weighted by molar-refractivity contribution is 5.48. The van der Waals surface area contributed by atoms with Crippen LogP contribution in [0, 0.1) is 6.92 Å². The van der Waals surface area contributed by atoms with Gasteiger partial charge >= 0.3 is 0 Å². The number of likely N-dealkylation sites (tertiary alicyclic amines) is 1. The van der Waals surface area contributed by atoms with Gasteiger partial charge in [0.05, 0.1) is 6.10 Å². The molecule has 2 rings (SSSR count). The van der Waals surface area contributed by atoms with Crippen molar-refractivity contribution in [1.82, 2.24) is 4.90 Å². The summed E-state index contributed by atoms with van der Waals surface area (Å²) < 4.78 is 0. The molecule has 0 spiro atoms. The van der Waals surface area contributed by atoms with Crippen LogP contribution in [-0.4, -0.2) is 28.6 Å². The molecule has 3 atom stereocenters. The van der Waals surface area contributed by atoms with E-state index < -0.39 is 6.10 Å². The number of nitrogens with two attached hydrogens (primary N) is 1. The van der Waals surface area contributed by atoms with Crippen LogP contribution in [0.5, 0.6) is 0 Å². The highest BCUT2D eigenvalue weighted by Crippen LogP contribution is 2.26. The van der Waals surface area contributed by atoms with Gasteiger partial charge in [-0.05, 0) is 57.2 Å². The van der Waals surface area contributed by atoms with E-state index in [2.05, 4.69) is 18.7 Å². The molecular weight excluding hydrogens is 248 g/mol. The Hall–Kier alpha value is -1.06. The van der Waals surface area contributed by atoms with E-state index in [1.165, 1.54) is 19.3 Å². The number of aliphatic hydroxyl groups is 1. The summed E-state index contributed by atoms with van der Waals surface area (Å²) in [5.41, 5.74) is 8.69. The average Bonchev–Trinajstić information content (AvgIpc) is 2.41. The molecule has 20 heavy (non-hydrogen) atoms. The van der Waals surface area contributed by atoms with Crippen molar-refractivity contribution in [2.75, 3.05) is 12.3 Å². The van der Waals surface area contributed by atoms with Gasteiger partial charge in [-0.3, -0.25) is 4.90 Å². The Morgan fingerprint density at radius 2 is 1.95 bits per heavy atom. The molecule has 1 aliphatic rings. The first-order valence-electron chi connectivity index (χ1n) is 7.79. The van der Waals surface area contributed by atoms with E-state index in [0.29, 0.717) is 12.1 Å². The number of anilines is 1. The second-order valence-corrected chi connectivity index (χ2v) is 6.29. The molecule has 3 nitrogen and oxygen atoms in total. The first kappa shape index (κ1) is 15.3. The van der Waals surface area contributed by atoms with Crippen molar-refractivity contribution < 1.29 is 5.11 Å². The number of nitrogen functional groups attached to an aromatic ring is 1. The lowest BCUT2D eigenvalue weighted by Crippen LogP contribution is -2.44. The predicted octanol–water partition coefficient (Wildman–Crippen LogP) is 3.26. The second kappa shape index (κ2) is 6.59. The maximum Gasteiger partial charge on any atom is 0.0803 e. The maximum atomic E-state index is 10.4. The van der Waals surface area contributed by atoms with Crippen LogP contribution in [0.25, 0.3) is 0 Å². The Kier molecular flexibility index (Phi) is 5.06. The molecule has 0 bridgehead atoms. The molecule has 112 valence electrons. The highest BCUT2D eigenvalue weighted by atomic mass is 16.3. The molecule has 1 aromatic rings. The number of aryl methyl sites for hydroxylation is 1. The lowest BCUT2D eigenvalue weighted by atomic mass is 9.96. The highest BCUT2D eigenvalue weighted by Gasteiger charge is 2.24. The standard InChI is InChI=1S/C17H28N2O/c1-12-7-8-15(11-16(12)18)17(20)9-10-19-13(2)5-4-6-14(19)3/h7-8,11,13-14,17,20H,4-6,9-10,18H2,1-3H3. The third kappa shape index (κ3) is 3.53. The van der Waals surface area contributed by atoms with Gasteiger partial charge in [-0.1, -0.05) is 18.6 Å². The van der Waals surface area contributed by atoms with Crippen LogP contribution in [0.2, 0.25) is 0 Å². The Morgan fingerprint density at radius 1 is 1.30 bits per heavy atom. The molecule has 3 unspecified atom stereocenters. The summed E-state index contributed by atoms with van der Waals surface area (Å²) in [5, 5.41) is 10.4. The van der Waals surface area contributed by atoms with Gasteiger partial charge in [0.25, 0.3) is 0 Å². The monoisotopic (exact) mass is 276 g/mol. The minimum atomic E-state index is -0.417. The summed E-state index contributed by atoms with van der Waals surface area (Å²) in [6.07, 6.45) is 4.24. The van der Waals surface area contributed by atoms with Crippen molar-refractivity contribution in [2.24, 2.45) is 0 Å². The van der Waals surface area contributed by atoms with E-state index in [4.69, 9.17) is 5.73 Å². The number of benzene rings is 1. The third-order valence-electron chi connectivity index (χ3n) is 4.72. The molecule has 0 radical (unpaired) electrons. The van der Waals surface area contributed by atoms with Crippen molar-refractivity contribution in [3.63, 3.8) is 0 Å². The van der Waals surface area contributed by atoms with Crippen molar-refractivity contribution >= 4 is 5.69 Å². The Bertz CT molecular complexity index is 437. The van der Waals surface area contributed by atoms with E-state index in [0.717, 1.165) is 29.8 Å². The summed E-state index contributed by atoms with van der Waals surface area (Å²) in [7, 11) is 0. The Morgan fingerprint density at radius 3 is 2.55 bits per heavy atom. The topological polar surface area (TPSA) is 49.5 Å². The molecule has 1 saturated heterocycles. The molecule has 1 aliphatic heterocycles. The zero-order chi connectivity index (χ0) is 14.7. The SMILES string of the molecule is Cc1ccc(C(O)CCN2C(C)CCCC2C)cc1N. The summed E-state index contributed by atoms with van der Waals surface area (Å²) in [4.78, 5) is 2.53. The second-order valence-electron chi connectivity index (χ2n) is 6.29. The number of hydrogen-bond acceptors (Lipinski definition) is 3. The zero-order valence-electron chi connectivity index (χ0n) is 13.0. The number of nitrogens with zero attached hydrogens (tertiary/aromatic N) is 1. The van der Waals surface area contributed by atoms with Gasteiger partial charge in [-0.15, -0.1) is 0 Å². The number of hydrogen-bond donors (Lipinski definition) is 2. The fourth-order valence-electron chi connectivity index (χ4n) is 3.22. The van der Waals surface area contributed by atoms with Crippen LogP contribution in [0.4, 0.5) is 5.69 Å². The van der Waals surface area contributed by atoms with Crippen molar-refractivity contribution in [3.8, 4) is 0 Å². The van der Waals surface area contributed by atoms with Crippen molar-refractivity contribution in [1.29, 1.82) is 0 Å². The predicted molar refractivity (Wildman–Crippen MR) is 84.6 cm³/mol. The van der Waals surface area contributed by atoms with Crippen LogP contribution in [-0.2, 0) is 0 Å². The minimum absolute atomic E-state index is 0.417. The van der Waals surface area contributed by atoms with E-state index in [1.54, 1.807) is 0 Å². The molecular formula is C17H28N2O. The van der Waals surface area contributed by atoms with Crippen LogP contribution >= 0.6 is 0 Å². The van der Waals surface area contributed by atoms with Crippen molar-refractivity contribution in [2.45, 2.75) is 64.6 Å². The third-order valence-corrected chi connectivity index (χ3v) is 4.72. The Labute approximate surface area is 122 Å². The largest absolute Gasteiger partial charge is 0.399 e. The van der Waals surface area contributed by atoms with E-state index in [1.807, 2.05) is 25.1 Å². The lowest BCUT2D eigenvalue weighted by Gasteiger charge is -2.39. The van der Waals surface area contributed by atoms with Crippen LogP contribution in [0.1, 0.15) is 56.8 Å². The normalized spacial score (nSPS) is 25.6. The summed E-state index contributed by atoms with van der Waals surface area (Å²) in [6, 6.07) is 7.14. The van der Waals surface area contributed by atoms with Crippen LogP contribution < -0.4 is 5.73 Å². The number of aliphatic hydroxyl groups excluding tert-OH is 1. The molecule has 0 saturated carbocycles. The van der Waals surface area contributed by atoms with Gasteiger partial charge < -0.3 is 10.8 Å². The van der Waals surface area contributed by atoms with Gasteiger partial charge in [0.15, 0.2) is 0 Å². The first-order chi connectivity index (χ1) is 9.49. The Balaban J connectivity index is 1.94. The van der Waals surface area contributed by atoms with Crippen LogP contribution in [0.3, 0.4) is 0 Å². The molecule has 0 aromatic heterocycles. The van der Waals surface area contributed by atoms with Gasteiger partial charge in [-0.2, -0.15) is 0 Å². The van der Waals surface area contributed by atoms with Gasteiger partial charge in [-0.25, -0.2) is 0 Å². The smallest absolute Gasteiger partial charge is 0.0803 e. The van der Waals surface area contributed by atoms with Gasteiger partial charge in [0.1, 0.15) is 0 Å². The fraction of sp³-hybridized carbons (Fsp3) is 0.647. The summed E-state index contributed by atoms with van der Waals surface area (Å²) >= 11 is 0. The zero-order valence-corrected chi connectivity index (χ0v) is 13.0. The molecule has 1 heterocycles. The molecule has 3 heteroatoms. The van der Waals surface area contributed by atoms with Crippen LogP contribution in [0.15, 0.2) is 18.2 Å². The average molecular weight is 276 g/mol. The molecule has 3 N–H and O–H groups in total. The first-order valence-corrected chi connectivity index (χ1v) is 7.79. The molecule has 0 amide bonds. The molecule has 1 aromatic carbocycles. The quantitative estimate of drug-likeness (QED) is 0.830. The van der Waals surface area contributed by atoms with Crippen molar-refractivity contribution in [3.05, 3.63) is 29.3 Å². The van der Waals surface area contributed by atoms with E-state index in [-0.39, 0.29) is 0 Å².